The van der Waals surface area contributed by atoms with E-state index in [1.807, 2.05) is 6.08 Å². The van der Waals surface area contributed by atoms with Gasteiger partial charge in [0.15, 0.2) is 0 Å². The molecule has 0 bridgehead atoms. The third-order valence-corrected chi connectivity index (χ3v) is 1.49. The van der Waals surface area contributed by atoms with Crippen LogP contribution in [0.5, 0.6) is 0 Å². The van der Waals surface area contributed by atoms with E-state index in [1.54, 1.807) is 19.3 Å². The molecule has 0 aromatic rings. The Morgan fingerprint density at radius 1 is 1.77 bits per heavy atom. The number of allylic oxidation sites excluding steroid dienone is 2. The van der Waals surface area contributed by atoms with Crippen LogP contribution in [-0.4, -0.2) is 25.8 Å². The van der Waals surface area contributed by atoms with Crippen LogP contribution < -0.4 is 11.1 Å². The van der Waals surface area contributed by atoms with Crippen molar-refractivity contribution in [2.45, 2.75) is 12.5 Å². The molecular formula is C9H16N2O2. The number of urea groups is 1. The number of hydrogen-bond donors (Lipinski definition) is 2. The molecule has 0 aromatic heterocycles. The molecule has 74 valence electrons. The maximum atomic E-state index is 10.3. The number of carbonyl (C=O) groups excluding carboxylic acids is 1. The van der Waals surface area contributed by atoms with Crippen LogP contribution in [0.1, 0.15) is 6.42 Å². The van der Waals surface area contributed by atoms with Gasteiger partial charge in [-0.15, -0.1) is 0 Å². The Morgan fingerprint density at radius 2 is 2.46 bits per heavy atom. The van der Waals surface area contributed by atoms with Crippen LogP contribution in [-0.2, 0) is 4.74 Å². The summed E-state index contributed by atoms with van der Waals surface area (Å²) in [4.78, 5) is 10.3. The topological polar surface area (TPSA) is 64.3 Å². The Kier molecular flexibility index (Phi) is 6.63. The lowest BCUT2D eigenvalue weighted by molar-refractivity contribution is 0.134. The normalized spacial score (nSPS) is 12.7. The van der Waals surface area contributed by atoms with Crippen molar-refractivity contribution in [1.82, 2.24) is 5.32 Å². The molecule has 13 heavy (non-hydrogen) atoms. The monoisotopic (exact) mass is 184 g/mol. The van der Waals surface area contributed by atoms with E-state index in [9.17, 15) is 4.79 Å². The molecular weight excluding hydrogens is 168 g/mol. The highest BCUT2D eigenvalue weighted by Gasteiger charge is 2.01. The zero-order valence-corrected chi connectivity index (χ0v) is 7.82. The predicted octanol–water partition coefficient (Wildman–Crippen LogP) is 0.802. The van der Waals surface area contributed by atoms with Crippen LogP contribution in [0, 0.1) is 0 Å². The molecule has 0 fully saturated rings. The van der Waals surface area contributed by atoms with E-state index in [0.29, 0.717) is 13.0 Å². The van der Waals surface area contributed by atoms with Crippen molar-refractivity contribution in [3.05, 3.63) is 24.8 Å². The summed E-state index contributed by atoms with van der Waals surface area (Å²) in [5.41, 5.74) is 4.90. The Balaban J connectivity index is 3.65. The molecule has 2 amide bonds. The minimum absolute atomic E-state index is 0.00940. The molecule has 0 rings (SSSR count). The molecule has 0 saturated carbocycles. The highest BCUT2D eigenvalue weighted by atomic mass is 16.5. The van der Waals surface area contributed by atoms with E-state index in [-0.39, 0.29) is 6.10 Å². The standard InChI is InChI=1S/C9H16N2O2/c1-3-4-5-8(13-2)6-7-11-9(10)12/h3-5,8H,1,6-7H2,2H3,(H3,10,11,12)/b5-4-/t8-/m0/s1. The van der Waals surface area contributed by atoms with E-state index in [1.165, 1.54) is 0 Å². The molecule has 4 nitrogen and oxygen atoms in total. The molecule has 0 aromatic carbocycles. The van der Waals surface area contributed by atoms with Crippen molar-refractivity contribution in [2.24, 2.45) is 5.73 Å². The van der Waals surface area contributed by atoms with Crippen molar-refractivity contribution in [3.63, 3.8) is 0 Å². The first-order valence-electron chi connectivity index (χ1n) is 4.06. The third-order valence-electron chi connectivity index (χ3n) is 1.49. The predicted molar refractivity (Wildman–Crippen MR) is 52.3 cm³/mol. The quantitative estimate of drug-likeness (QED) is 0.600. The summed E-state index contributed by atoms with van der Waals surface area (Å²) in [7, 11) is 1.61. The number of amides is 2. The van der Waals surface area contributed by atoms with Crippen LogP contribution >= 0.6 is 0 Å². The SMILES string of the molecule is C=C/C=C\[C@@H](CCNC(N)=O)OC. The Hall–Kier alpha value is -1.29. The zero-order valence-electron chi connectivity index (χ0n) is 7.82. The van der Waals surface area contributed by atoms with E-state index in [0.717, 1.165) is 0 Å². The molecule has 3 N–H and O–H groups in total. The lowest BCUT2D eigenvalue weighted by Crippen LogP contribution is -2.31. The number of hydrogen-bond acceptors (Lipinski definition) is 2. The van der Waals surface area contributed by atoms with Gasteiger partial charge in [-0.3, -0.25) is 0 Å². The minimum Gasteiger partial charge on any atom is -0.377 e. The molecule has 0 aliphatic carbocycles. The molecule has 0 aliphatic heterocycles. The van der Waals surface area contributed by atoms with Crippen molar-refractivity contribution >= 4 is 6.03 Å². The van der Waals surface area contributed by atoms with E-state index in [4.69, 9.17) is 10.5 Å². The summed E-state index contributed by atoms with van der Waals surface area (Å²) < 4.78 is 5.11. The number of ether oxygens (including phenoxy) is 1. The van der Waals surface area contributed by atoms with E-state index in [2.05, 4.69) is 11.9 Å². The molecule has 0 spiro atoms. The Bertz CT molecular complexity index is 190. The fraction of sp³-hybridized carbons (Fsp3) is 0.444. The van der Waals surface area contributed by atoms with Gasteiger partial charge in [0.1, 0.15) is 0 Å². The first-order valence-corrected chi connectivity index (χ1v) is 4.06. The summed E-state index contributed by atoms with van der Waals surface area (Å²) in [5.74, 6) is 0. The van der Waals surface area contributed by atoms with Gasteiger partial charge in [0.2, 0.25) is 0 Å². The van der Waals surface area contributed by atoms with E-state index < -0.39 is 6.03 Å². The third kappa shape index (κ3) is 7.08. The lowest BCUT2D eigenvalue weighted by atomic mass is 10.2. The van der Waals surface area contributed by atoms with Gasteiger partial charge >= 0.3 is 6.03 Å². The molecule has 0 radical (unpaired) electrons. The van der Waals surface area contributed by atoms with Gasteiger partial charge in [-0.1, -0.05) is 24.8 Å². The second-order valence-corrected chi connectivity index (χ2v) is 2.47. The molecule has 0 aliphatic rings. The van der Waals surface area contributed by atoms with Gasteiger partial charge < -0.3 is 15.8 Å². The minimum atomic E-state index is -0.512. The van der Waals surface area contributed by atoms with Crippen LogP contribution in [0.3, 0.4) is 0 Å². The first-order chi connectivity index (χ1) is 6.20. The highest BCUT2D eigenvalue weighted by Crippen LogP contribution is 1.97. The average Bonchev–Trinajstić information content (AvgIpc) is 2.10. The number of nitrogens with one attached hydrogen (secondary N) is 1. The van der Waals surface area contributed by atoms with Gasteiger partial charge in [-0.2, -0.15) is 0 Å². The number of rotatable bonds is 6. The van der Waals surface area contributed by atoms with Gasteiger partial charge in [0.05, 0.1) is 6.10 Å². The average molecular weight is 184 g/mol. The molecule has 4 heteroatoms. The van der Waals surface area contributed by atoms with Crippen LogP contribution in [0.25, 0.3) is 0 Å². The summed E-state index contributed by atoms with van der Waals surface area (Å²) in [5, 5.41) is 2.49. The van der Waals surface area contributed by atoms with Crippen molar-refractivity contribution < 1.29 is 9.53 Å². The summed E-state index contributed by atoms with van der Waals surface area (Å²) >= 11 is 0. The van der Waals surface area contributed by atoms with Gasteiger partial charge in [0, 0.05) is 13.7 Å². The van der Waals surface area contributed by atoms with Crippen LogP contribution in [0.15, 0.2) is 24.8 Å². The van der Waals surface area contributed by atoms with E-state index >= 15 is 0 Å². The fourth-order valence-corrected chi connectivity index (χ4v) is 0.833. The molecule has 0 heterocycles. The van der Waals surface area contributed by atoms with Crippen LogP contribution in [0.2, 0.25) is 0 Å². The highest BCUT2D eigenvalue weighted by molar-refractivity contribution is 5.71. The second kappa shape index (κ2) is 7.36. The van der Waals surface area contributed by atoms with Crippen molar-refractivity contribution in [2.75, 3.05) is 13.7 Å². The summed E-state index contributed by atoms with van der Waals surface area (Å²) in [6.07, 6.45) is 6.04. The maximum Gasteiger partial charge on any atom is 0.312 e. The van der Waals surface area contributed by atoms with Crippen molar-refractivity contribution in [3.8, 4) is 0 Å². The summed E-state index contributed by atoms with van der Waals surface area (Å²) in [6.45, 7) is 4.05. The molecule has 0 unspecified atom stereocenters. The fourth-order valence-electron chi connectivity index (χ4n) is 0.833. The lowest BCUT2D eigenvalue weighted by Gasteiger charge is -2.10. The smallest absolute Gasteiger partial charge is 0.312 e. The number of carbonyl (C=O) groups is 1. The maximum absolute atomic E-state index is 10.3. The first kappa shape index (κ1) is 11.7. The Morgan fingerprint density at radius 3 is 2.92 bits per heavy atom. The zero-order chi connectivity index (χ0) is 10.1. The van der Waals surface area contributed by atoms with Crippen LogP contribution in [0.4, 0.5) is 4.79 Å². The number of primary amides is 1. The summed E-state index contributed by atoms with van der Waals surface area (Å²) in [6, 6.07) is -0.512. The van der Waals surface area contributed by atoms with Crippen molar-refractivity contribution in [1.29, 1.82) is 0 Å². The number of nitrogens with two attached hydrogens (primary N) is 1. The van der Waals surface area contributed by atoms with Gasteiger partial charge in [-0.25, -0.2) is 4.79 Å². The van der Waals surface area contributed by atoms with Gasteiger partial charge in [-0.05, 0) is 6.42 Å². The largest absolute Gasteiger partial charge is 0.377 e. The second-order valence-electron chi connectivity index (χ2n) is 2.47. The van der Waals surface area contributed by atoms with Gasteiger partial charge in [0.25, 0.3) is 0 Å². The molecule has 1 atom stereocenters. The Labute approximate surface area is 78.4 Å². The number of methoxy groups -OCH3 is 1. The molecule has 0 saturated heterocycles.